The van der Waals surface area contributed by atoms with E-state index in [9.17, 15) is 29.4 Å². The summed E-state index contributed by atoms with van der Waals surface area (Å²) < 4.78 is 0. The van der Waals surface area contributed by atoms with Gasteiger partial charge in [0.25, 0.3) is 0 Å². The van der Waals surface area contributed by atoms with Crippen LogP contribution in [0.3, 0.4) is 0 Å². The molecule has 2 N–H and O–H groups in total. The van der Waals surface area contributed by atoms with Crippen LogP contribution in [0.1, 0.15) is 34.6 Å². The first-order valence-corrected chi connectivity index (χ1v) is 11.0. The van der Waals surface area contributed by atoms with Crippen LogP contribution in [0.5, 0.6) is 0 Å². The van der Waals surface area contributed by atoms with Gasteiger partial charge in [0.2, 0.25) is 0 Å². The largest absolute Gasteiger partial charge is 2.00 e. The second-order valence-electron chi connectivity index (χ2n) is 7.80. The fourth-order valence-corrected chi connectivity index (χ4v) is 2.81. The average Bonchev–Trinajstić information content (AvgIpc) is 2.88. The average molecular weight is 539 g/mol. The number of rotatable bonds is 4. The molecule has 0 saturated carbocycles. The van der Waals surface area contributed by atoms with Gasteiger partial charge in [0, 0.05) is 22.3 Å². The summed E-state index contributed by atoms with van der Waals surface area (Å²) >= 11 is 0. The molecular formula is C30H26MgO8. The van der Waals surface area contributed by atoms with Gasteiger partial charge in [-0.2, -0.15) is 0 Å². The van der Waals surface area contributed by atoms with Crippen LogP contribution in [0.4, 0.5) is 0 Å². The van der Waals surface area contributed by atoms with Gasteiger partial charge in [-0.05, 0) is 35.4 Å². The summed E-state index contributed by atoms with van der Waals surface area (Å²) in [6.45, 7) is 9.20. The van der Waals surface area contributed by atoms with Gasteiger partial charge in [-0.25, -0.2) is 9.59 Å². The third-order valence-corrected chi connectivity index (χ3v) is 4.75. The molecule has 0 saturated heterocycles. The number of hydrogen-bond donors (Lipinski definition) is 2. The van der Waals surface area contributed by atoms with E-state index in [-0.39, 0.29) is 45.3 Å². The van der Waals surface area contributed by atoms with Gasteiger partial charge >= 0.3 is 35.0 Å². The molecule has 0 aromatic heterocycles. The Labute approximate surface area is 241 Å². The third kappa shape index (κ3) is 11.6. The second-order valence-corrected chi connectivity index (χ2v) is 7.80. The normalized spacial score (nSPS) is 9.08. The van der Waals surface area contributed by atoms with Crippen LogP contribution in [-0.2, 0) is 9.59 Å². The van der Waals surface area contributed by atoms with Gasteiger partial charge in [-0.3, -0.25) is 0 Å². The number of hydrogen-bond acceptors (Lipinski definition) is 6. The number of carbonyl (C=O) groups excluding carboxylic acids is 2. The molecule has 0 heterocycles. The Bertz CT molecular complexity index is 1340. The summed E-state index contributed by atoms with van der Waals surface area (Å²) in [6, 6.07) is 25.0. The smallest absolute Gasteiger partial charge is 0.545 e. The molecule has 0 aliphatic heterocycles. The quantitative estimate of drug-likeness (QED) is 0.296. The maximum absolute atomic E-state index is 10.7. The first kappa shape index (κ1) is 34.5. The van der Waals surface area contributed by atoms with Gasteiger partial charge in [-0.15, -0.1) is 0 Å². The summed E-state index contributed by atoms with van der Waals surface area (Å²) in [7, 11) is 0. The Morgan fingerprint density at radius 2 is 0.821 bits per heavy atom. The van der Waals surface area contributed by atoms with Crippen molar-refractivity contribution in [2.24, 2.45) is 0 Å². The van der Waals surface area contributed by atoms with Crippen molar-refractivity contribution in [3.8, 4) is 0 Å². The van der Waals surface area contributed by atoms with E-state index in [1.165, 1.54) is 13.8 Å². The predicted octanol–water partition coefficient (Wildman–Crippen LogP) is 3.32. The summed E-state index contributed by atoms with van der Waals surface area (Å²) in [6.07, 6.45) is 0. The molecule has 4 aromatic carbocycles. The van der Waals surface area contributed by atoms with Crippen molar-refractivity contribution in [3.05, 3.63) is 120 Å². The molecular weight excluding hydrogens is 513 g/mol. The van der Waals surface area contributed by atoms with Crippen LogP contribution in [-0.4, -0.2) is 57.1 Å². The standard InChI is InChI=1S/2C11H8O2.2C4H6O2.Mg/c2*12-11(13)10-7-3-5-8-4-1-2-6-9(8)10;2*1-3(2)4(5)6;/h2*1-7H,(H,12,13);2*1H2,2H3,(H,5,6);/q;;;;+2/p-2. The zero-order valence-corrected chi connectivity index (χ0v) is 23.0. The SMILES string of the molecule is C=C(C)C(=O)O.C=C(C)C(=O)O.O=C([O-])c1cccc2ccccc12.O=C([O-])c1cccc2ccccc12.[Mg+2]. The van der Waals surface area contributed by atoms with Crippen molar-refractivity contribution >= 4 is 68.5 Å². The molecule has 0 atom stereocenters. The van der Waals surface area contributed by atoms with E-state index in [1.54, 1.807) is 36.4 Å². The Kier molecular flexibility index (Phi) is 15.2. The predicted molar refractivity (Wildman–Crippen MR) is 147 cm³/mol. The first-order chi connectivity index (χ1) is 17.9. The summed E-state index contributed by atoms with van der Waals surface area (Å²) in [4.78, 5) is 40.6. The number of aliphatic carboxylic acids is 2. The minimum Gasteiger partial charge on any atom is -0.545 e. The summed E-state index contributed by atoms with van der Waals surface area (Å²) in [5, 5.41) is 40.5. The second kappa shape index (κ2) is 17.1. The molecule has 39 heavy (non-hydrogen) atoms. The molecule has 0 bridgehead atoms. The van der Waals surface area contributed by atoms with Gasteiger partial charge < -0.3 is 30.0 Å². The van der Waals surface area contributed by atoms with Gasteiger partial charge in [0.1, 0.15) is 0 Å². The molecule has 196 valence electrons. The minimum absolute atomic E-state index is 0. The number of aromatic carboxylic acids is 2. The van der Waals surface area contributed by atoms with E-state index in [0.717, 1.165) is 21.5 Å². The number of carboxylic acid groups (broad SMARTS) is 4. The van der Waals surface area contributed by atoms with Crippen molar-refractivity contribution in [3.63, 3.8) is 0 Å². The molecule has 4 aromatic rings. The van der Waals surface area contributed by atoms with Crippen LogP contribution < -0.4 is 10.2 Å². The number of fused-ring (bicyclic) bond motifs is 2. The Morgan fingerprint density at radius 1 is 0.564 bits per heavy atom. The fourth-order valence-electron chi connectivity index (χ4n) is 2.81. The molecule has 0 spiro atoms. The maximum Gasteiger partial charge on any atom is 2.00 e. The van der Waals surface area contributed by atoms with Gasteiger partial charge in [-0.1, -0.05) is 98.1 Å². The van der Waals surface area contributed by atoms with E-state index < -0.39 is 23.9 Å². The fraction of sp³-hybridized carbons (Fsp3) is 0.0667. The van der Waals surface area contributed by atoms with Crippen LogP contribution in [0.2, 0.25) is 0 Å². The molecule has 9 heteroatoms. The maximum atomic E-state index is 10.7. The molecule has 0 unspecified atom stereocenters. The van der Waals surface area contributed by atoms with E-state index >= 15 is 0 Å². The van der Waals surface area contributed by atoms with E-state index in [4.69, 9.17) is 10.2 Å². The summed E-state index contributed by atoms with van der Waals surface area (Å²) in [5.41, 5.74) is 0.848. The first-order valence-electron chi connectivity index (χ1n) is 11.0. The number of benzene rings is 4. The van der Waals surface area contributed by atoms with E-state index in [1.807, 2.05) is 48.5 Å². The van der Waals surface area contributed by atoms with Crippen LogP contribution >= 0.6 is 0 Å². The zero-order valence-electron chi connectivity index (χ0n) is 21.5. The van der Waals surface area contributed by atoms with Crippen LogP contribution in [0, 0.1) is 0 Å². The van der Waals surface area contributed by atoms with Crippen molar-refractivity contribution in [1.82, 2.24) is 0 Å². The molecule has 0 radical (unpaired) electrons. The van der Waals surface area contributed by atoms with Gasteiger partial charge in [0.15, 0.2) is 0 Å². The van der Waals surface area contributed by atoms with Crippen LogP contribution in [0.25, 0.3) is 21.5 Å². The molecule has 0 fully saturated rings. The van der Waals surface area contributed by atoms with Gasteiger partial charge in [0.05, 0.1) is 11.9 Å². The monoisotopic (exact) mass is 538 g/mol. The Morgan fingerprint density at radius 3 is 1.08 bits per heavy atom. The number of carbonyl (C=O) groups is 4. The molecule has 0 amide bonds. The van der Waals surface area contributed by atoms with E-state index in [2.05, 4.69) is 13.2 Å². The zero-order chi connectivity index (χ0) is 28.8. The topological polar surface area (TPSA) is 155 Å². The minimum atomic E-state index is -1.13. The number of carboxylic acids is 4. The Balaban J connectivity index is 0.000000524. The van der Waals surface area contributed by atoms with Crippen molar-refractivity contribution < 1.29 is 39.6 Å². The van der Waals surface area contributed by atoms with E-state index in [0.29, 0.717) is 0 Å². The third-order valence-electron chi connectivity index (χ3n) is 4.75. The van der Waals surface area contributed by atoms with Crippen LogP contribution in [0.15, 0.2) is 109 Å². The van der Waals surface area contributed by atoms with Crippen molar-refractivity contribution in [2.75, 3.05) is 0 Å². The molecule has 4 rings (SSSR count). The molecule has 0 aliphatic carbocycles. The molecule has 0 aliphatic rings. The van der Waals surface area contributed by atoms with Crippen molar-refractivity contribution in [2.45, 2.75) is 13.8 Å². The van der Waals surface area contributed by atoms with Crippen molar-refractivity contribution in [1.29, 1.82) is 0 Å². The molecule has 8 nitrogen and oxygen atoms in total. The Hall–Kier alpha value is -4.47. The summed E-state index contributed by atoms with van der Waals surface area (Å²) in [5.74, 6) is -4.13.